The molecule has 0 saturated carbocycles. The highest BCUT2D eigenvalue weighted by molar-refractivity contribution is 6.07. The van der Waals surface area contributed by atoms with E-state index in [9.17, 15) is 19.5 Å². The largest absolute Gasteiger partial charge is 0.490 e. The van der Waals surface area contributed by atoms with Gasteiger partial charge in [-0.2, -0.15) is 0 Å². The Hall–Kier alpha value is -4.15. The number of amides is 1. The molecule has 0 aliphatic carbocycles. The second kappa shape index (κ2) is 11.8. The average Bonchev–Trinajstić information content (AvgIpc) is 3.46. The van der Waals surface area contributed by atoms with Gasteiger partial charge in [-0.25, -0.2) is 9.18 Å². The summed E-state index contributed by atoms with van der Waals surface area (Å²) in [4.78, 5) is 40.8. The van der Waals surface area contributed by atoms with Crippen LogP contribution in [0.2, 0.25) is 0 Å². The first kappa shape index (κ1) is 29.8. The van der Waals surface area contributed by atoms with E-state index in [1.807, 2.05) is 20.8 Å². The van der Waals surface area contributed by atoms with Crippen LogP contribution in [-0.4, -0.2) is 66.4 Å². The molecule has 0 radical (unpaired) electrons. The third-order valence-corrected chi connectivity index (χ3v) is 7.01. The highest BCUT2D eigenvalue weighted by Crippen LogP contribution is 2.42. The summed E-state index contributed by atoms with van der Waals surface area (Å²) in [6.45, 7) is 9.47. The van der Waals surface area contributed by atoms with Gasteiger partial charge in [0.05, 0.1) is 31.0 Å². The molecular formula is C30H36FN3O7. The van der Waals surface area contributed by atoms with Crippen molar-refractivity contribution in [1.29, 1.82) is 5.41 Å². The van der Waals surface area contributed by atoms with Gasteiger partial charge in [-0.3, -0.25) is 15.0 Å². The molecule has 2 aromatic rings. The lowest BCUT2D eigenvalue weighted by molar-refractivity contribution is -0.139. The Morgan fingerprint density at radius 3 is 2.37 bits per heavy atom. The number of hydrogen-bond donors (Lipinski definition) is 2. The van der Waals surface area contributed by atoms with Crippen molar-refractivity contribution < 1.29 is 38.1 Å². The van der Waals surface area contributed by atoms with Gasteiger partial charge in [0.25, 0.3) is 0 Å². The Bertz CT molecular complexity index is 1400. The van der Waals surface area contributed by atoms with Crippen molar-refractivity contribution in [1.82, 2.24) is 4.90 Å². The molecule has 2 aliphatic heterocycles. The van der Waals surface area contributed by atoms with Crippen LogP contribution in [-0.2, 0) is 21.5 Å². The lowest BCUT2D eigenvalue weighted by Gasteiger charge is -2.28. The topological polar surface area (TPSA) is 129 Å². The third-order valence-electron chi connectivity index (χ3n) is 7.01. The zero-order valence-electron chi connectivity index (χ0n) is 24.1. The van der Waals surface area contributed by atoms with E-state index in [0.29, 0.717) is 42.8 Å². The minimum absolute atomic E-state index is 0.0577. The average molecular weight is 570 g/mol. The number of aliphatic carboxylic acids is 1. The predicted molar refractivity (Wildman–Crippen MR) is 150 cm³/mol. The number of anilines is 1. The van der Waals surface area contributed by atoms with Crippen LogP contribution in [0.4, 0.5) is 10.1 Å². The van der Waals surface area contributed by atoms with Gasteiger partial charge in [0.2, 0.25) is 5.91 Å². The summed E-state index contributed by atoms with van der Waals surface area (Å²) in [6, 6.07) is 4.85. The number of benzene rings is 2. The number of nitrogens with zero attached hydrogens (tertiary/aromatic N) is 2. The van der Waals surface area contributed by atoms with Gasteiger partial charge in [0, 0.05) is 30.6 Å². The molecule has 0 aromatic heterocycles. The third kappa shape index (κ3) is 5.98. The van der Waals surface area contributed by atoms with E-state index in [4.69, 9.17) is 19.6 Å². The van der Waals surface area contributed by atoms with E-state index in [2.05, 4.69) is 0 Å². The number of fused-ring (bicyclic) bond motifs is 1. The minimum Gasteiger partial charge on any atom is -0.490 e. The van der Waals surface area contributed by atoms with Crippen LogP contribution in [0, 0.1) is 11.2 Å². The maximum Gasteiger partial charge on any atom is 0.341 e. The van der Waals surface area contributed by atoms with Crippen molar-refractivity contribution in [3.8, 4) is 17.2 Å². The molecule has 0 spiro atoms. The summed E-state index contributed by atoms with van der Waals surface area (Å²) in [6.07, 6.45) is 0.964. The van der Waals surface area contributed by atoms with Crippen LogP contribution in [0.25, 0.3) is 0 Å². The Morgan fingerprint density at radius 1 is 1.07 bits per heavy atom. The first-order valence-electron chi connectivity index (χ1n) is 13.7. The van der Waals surface area contributed by atoms with Crippen molar-refractivity contribution in [3.63, 3.8) is 0 Å². The summed E-state index contributed by atoms with van der Waals surface area (Å²) >= 11 is 0. The van der Waals surface area contributed by atoms with E-state index in [1.165, 1.54) is 9.80 Å². The maximum atomic E-state index is 15.5. The summed E-state index contributed by atoms with van der Waals surface area (Å²) in [5.74, 6) is -2.04. The number of nitrogens with one attached hydrogen (secondary N) is 1. The first-order valence-corrected chi connectivity index (χ1v) is 13.7. The normalized spacial score (nSPS) is 14.9. The van der Waals surface area contributed by atoms with Gasteiger partial charge in [-0.15, -0.1) is 0 Å². The number of hydrogen-bond acceptors (Lipinski definition) is 7. The second-order valence-electron chi connectivity index (χ2n) is 11.0. The van der Waals surface area contributed by atoms with Gasteiger partial charge in [0.15, 0.2) is 29.7 Å². The number of carboxylic acids is 1. The number of carbonyl (C=O) groups excluding carboxylic acids is 2. The Kier molecular flexibility index (Phi) is 8.55. The van der Waals surface area contributed by atoms with Crippen LogP contribution in [0.3, 0.4) is 0 Å². The molecule has 2 N–H and O–H groups in total. The summed E-state index contributed by atoms with van der Waals surface area (Å²) in [5, 5.41) is 17.9. The molecule has 10 nitrogen and oxygen atoms in total. The molecule has 11 heteroatoms. The number of amidine groups is 1. The van der Waals surface area contributed by atoms with E-state index in [0.717, 1.165) is 0 Å². The van der Waals surface area contributed by atoms with Crippen molar-refractivity contribution >= 4 is 29.2 Å². The van der Waals surface area contributed by atoms with Crippen LogP contribution < -0.4 is 19.1 Å². The summed E-state index contributed by atoms with van der Waals surface area (Å²) < 4.78 is 32.3. The van der Waals surface area contributed by atoms with Crippen LogP contribution in [0.1, 0.15) is 74.5 Å². The molecule has 41 heavy (non-hydrogen) atoms. The van der Waals surface area contributed by atoms with Crippen molar-refractivity contribution in [3.05, 3.63) is 46.3 Å². The lowest BCUT2D eigenvalue weighted by atomic mass is 9.84. The Morgan fingerprint density at radius 2 is 1.78 bits per heavy atom. The van der Waals surface area contributed by atoms with Crippen LogP contribution in [0.5, 0.6) is 17.2 Å². The number of ether oxygens (including phenoxy) is 3. The van der Waals surface area contributed by atoms with Gasteiger partial charge < -0.3 is 29.1 Å². The molecule has 1 saturated heterocycles. The molecule has 4 rings (SSSR count). The number of Topliss-reactive ketones (excluding diaryl/α,β-unsaturated/α-hetero) is 1. The highest BCUT2D eigenvalue weighted by Gasteiger charge is 2.35. The van der Waals surface area contributed by atoms with Gasteiger partial charge in [0.1, 0.15) is 11.6 Å². The van der Waals surface area contributed by atoms with E-state index >= 15 is 4.39 Å². The van der Waals surface area contributed by atoms with E-state index in [-0.39, 0.29) is 65.6 Å². The van der Waals surface area contributed by atoms with Gasteiger partial charge in [-0.05, 0) is 49.4 Å². The first-order chi connectivity index (χ1) is 19.4. The molecule has 1 amide bonds. The lowest BCUT2D eigenvalue weighted by Crippen LogP contribution is -2.31. The fourth-order valence-corrected chi connectivity index (χ4v) is 5.14. The van der Waals surface area contributed by atoms with Crippen LogP contribution in [0.15, 0.2) is 18.2 Å². The molecule has 0 atom stereocenters. The van der Waals surface area contributed by atoms with Gasteiger partial charge in [-0.1, -0.05) is 20.8 Å². The summed E-state index contributed by atoms with van der Waals surface area (Å²) in [7, 11) is 0. The fourth-order valence-electron chi connectivity index (χ4n) is 5.14. The number of rotatable bonds is 11. The molecule has 0 bridgehead atoms. The Labute approximate surface area is 238 Å². The molecule has 220 valence electrons. The van der Waals surface area contributed by atoms with Gasteiger partial charge >= 0.3 is 5.97 Å². The molecule has 1 fully saturated rings. The van der Waals surface area contributed by atoms with E-state index < -0.39 is 23.8 Å². The number of ketones is 1. The van der Waals surface area contributed by atoms with Crippen molar-refractivity contribution in [2.45, 2.75) is 59.4 Å². The number of halogens is 1. The smallest absolute Gasteiger partial charge is 0.341 e. The van der Waals surface area contributed by atoms with Crippen LogP contribution >= 0.6 is 0 Å². The second-order valence-corrected chi connectivity index (χ2v) is 11.0. The molecule has 2 heterocycles. The predicted octanol–water partition coefficient (Wildman–Crippen LogP) is 4.53. The number of carbonyl (C=O) groups is 3. The molecule has 2 aromatic carbocycles. The molecule has 0 unspecified atom stereocenters. The maximum absolute atomic E-state index is 15.5. The minimum atomic E-state index is -1.16. The zero-order chi connectivity index (χ0) is 30.1. The highest BCUT2D eigenvalue weighted by atomic mass is 19.1. The fraction of sp³-hybridized carbons (Fsp3) is 0.467. The zero-order valence-corrected chi connectivity index (χ0v) is 24.1. The monoisotopic (exact) mass is 569 g/mol. The Balaban J connectivity index is 1.71. The molecular weight excluding hydrogens is 533 g/mol. The SMILES string of the molecule is CCOc1cc2c(c(F)c1OCC)C(=N)N(CC(=O)c1cc(N3CCCC3=O)c(OCC(=O)O)c(C(C)(C)C)c1)C2. The summed E-state index contributed by atoms with van der Waals surface area (Å²) in [5.41, 5.74) is 1.23. The quantitative estimate of drug-likeness (QED) is 0.378. The molecule has 2 aliphatic rings. The van der Waals surface area contributed by atoms with Crippen molar-refractivity contribution in [2.75, 3.05) is 37.8 Å². The standard InChI is InChI=1S/C30H36FN3O7/c1-6-39-22-13-18-14-33(29(32)25(18)26(31)28(22)40-7-2)15-21(35)17-11-19(30(3,4)5)27(41-16-24(37)38)20(12-17)34-10-8-9-23(34)36/h11-13,32H,6-10,14-16H2,1-5H3,(H,37,38). The van der Waals surface area contributed by atoms with E-state index in [1.54, 1.807) is 32.0 Å². The van der Waals surface area contributed by atoms with Crippen molar-refractivity contribution in [2.24, 2.45) is 0 Å². The number of carboxylic acid groups (broad SMARTS) is 1.